The van der Waals surface area contributed by atoms with Crippen LogP contribution in [0, 0.1) is 33.2 Å². The molecule has 3 aliphatic rings. The van der Waals surface area contributed by atoms with Crippen molar-refractivity contribution in [2.75, 3.05) is 23.3 Å². The summed E-state index contributed by atoms with van der Waals surface area (Å²) in [6, 6.07) is 16.9. The molecule has 0 spiro atoms. The minimum absolute atomic E-state index is 0.162. The molecule has 1 saturated carbocycles. The summed E-state index contributed by atoms with van der Waals surface area (Å²) < 4.78 is 20.7. The van der Waals surface area contributed by atoms with Gasteiger partial charge in [-0.25, -0.2) is 11.0 Å². The Kier molecular flexibility index (Phi) is 8.64. The van der Waals surface area contributed by atoms with Gasteiger partial charge in [-0.1, -0.05) is 17.3 Å². The molecule has 1 saturated heterocycles. The highest BCUT2D eigenvalue weighted by molar-refractivity contribution is 6.05. The maximum absolute atomic E-state index is 15.2. The van der Waals surface area contributed by atoms with Crippen molar-refractivity contribution in [2.45, 2.75) is 77.4 Å². The second kappa shape index (κ2) is 13.1. The number of hydrogen-bond donors (Lipinski definition) is 2. The number of rotatable bonds is 11. The number of fused-ring (bicyclic) bond motifs is 1. The average Bonchev–Trinajstić information content (AvgIpc) is 3.75. The van der Waals surface area contributed by atoms with Crippen molar-refractivity contribution in [1.82, 2.24) is 15.4 Å². The van der Waals surface area contributed by atoms with E-state index in [9.17, 15) is 14.4 Å². The van der Waals surface area contributed by atoms with Gasteiger partial charge in [0.25, 0.3) is 11.4 Å². The molecular weight excluding hydrogens is 635 g/mol. The number of halogens is 1. The van der Waals surface area contributed by atoms with Crippen molar-refractivity contribution in [3.05, 3.63) is 106 Å². The zero-order valence-corrected chi connectivity index (χ0v) is 28.4. The Labute approximate surface area is 290 Å². The fourth-order valence-corrected chi connectivity index (χ4v) is 7.22. The van der Waals surface area contributed by atoms with E-state index in [-0.39, 0.29) is 36.4 Å². The van der Waals surface area contributed by atoms with Crippen LogP contribution < -0.4 is 15.5 Å². The van der Waals surface area contributed by atoms with Gasteiger partial charge in [0, 0.05) is 67.0 Å². The van der Waals surface area contributed by atoms with Crippen molar-refractivity contribution < 1.29 is 23.3 Å². The fraction of sp³-hybridized carbons (Fsp3) is 0.359. The number of carbonyl (C=O) groups excluding carboxylic acids is 3. The van der Waals surface area contributed by atoms with Gasteiger partial charge in [-0.3, -0.25) is 19.7 Å². The van der Waals surface area contributed by atoms with E-state index in [4.69, 9.17) is 11.1 Å². The smallest absolute Gasteiger partial charge is 0.258 e. The molecular formula is C39H39FN6O4. The van der Waals surface area contributed by atoms with Crippen LogP contribution >= 0.6 is 0 Å². The standard InChI is InChI=1S/C39H39FN6O4/c1-23-7-8-26(36-24(2)44-50-25(36)3)20-34(23)45(29-11-9-28(10-12-29)39(41-4)15-16-39)18-6-5-17-42-32-19-27-22-46(38(49)30(27)21-31(32)40)33-13-14-35(47)43-37(33)48/h7-12,19-21,33,42H,5-6,13-18,22H2,1-3H3,(H,43,47,48). The number of unbranched alkanes of at least 4 members (excludes halogenated alkanes) is 1. The molecule has 11 heteroatoms. The third-order valence-electron chi connectivity index (χ3n) is 10.2. The molecule has 4 aromatic rings. The topological polar surface area (TPSA) is 112 Å². The lowest BCUT2D eigenvalue weighted by Gasteiger charge is -2.29. The third kappa shape index (κ3) is 6.10. The maximum atomic E-state index is 15.2. The monoisotopic (exact) mass is 674 g/mol. The molecule has 50 heavy (non-hydrogen) atoms. The Hall–Kier alpha value is -5.50. The molecule has 2 N–H and O–H groups in total. The summed E-state index contributed by atoms with van der Waals surface area (Å²) in [5, 5.41) is 9.67. The zero-order chi connectivity index (χ0) is 35.2. The number of nitrogens with one attached hydrogen (secondary N) is 2. The molecule has 3 aromatic carbocycles. The Morgan fingerprint density at radius 3 is 2.54 bits per heavy atom. The molecule has 3 amide bonds. The first kappa shape index (κ1) is 33.0. The first-order chi connectivity index (χ1) is 24.1. The van der Waals surface area contributed by atoms with Gasteiger partial charge in [0.15, 0.2) is 0 Å². The number of imide groups is 1. The number of aryl methyl sites for hydroxylation is 3. The fourth-order valence-electron chi connectivity index (χ4n) is 7.22. The highest BCUT2D eigenvalue weighted by atomic mass is 19.1. The quantitative estimate of drug-likeness (QED) is 0.0991. The Balaban J connectivity index is 1.05. The molecule has 2 fully saturated rings. The van der Waals surface area contributed by atoms with Crippen LogP contribution in [-0.2, 0) is 21.7 Å². The Bertz CT molecular complexity index is 2020. The molecule has 256 valence electrons. The van der Waals surface area contributed by atoms with E-state index in [1.54, 1.807) is 6.07 Å². The van der Waals surface area contributed by atoms with E-state index in [2.05, 4.69) is 74.9 Å². The average molecular weight is 675 g/mol. The van der Waals surface area contributed by atoms with E-state index >= 15 is 4.39 Å². The van der Waals surface area contributed by atoms with E-state index < -0.39 is 23.7 Å². The van der Waals surface area contributed by atoms with Gasteiger partial charge < -0.3 is 24.5 Å². The van der Waals surface area contributed by atoms with Gasteiger partial charge in [0.1, 0.15) is 17.6 Å². The zero-order valence-electron chi connectivity index (χ0n) is 28.4. The summed E-state index contributed by atoms with van der Waals surface area (Å²) in [6.07, 6.45) is 3.74. The minimum Gasteiger partial charge on any atom is -0.383 e. The summed E-state index contributed by atoms with van der Waals surface area (Å²) in [5.74, 6) is -1.00. The molecule has 0 radical (unpaired) electrons. The molecule has 7 rings (SSSR count). The van der Waals surface area contributed by atoms with E-state index in [1.807, 2.05) is 13.8 Å². The van der Waals surface area contributed by atoms with Crippen LogP contribution in [0.2, 0.25) is 0 Å². The van der Waals surface area contributed by atoms with Gasteiger partial charge in [-0.05, 0) is 99.2 Å². The first-order valence-corrected chi connectivity index (χ1v) is 17.1. The summed E-state index contributed by atoms with van der Waals surface area (Å²) in [5.41, 5.74) is 7.93. The second-order valence-corrected chi connectivity index (χ2v) is 13.6. The second-order valence-electron chi connectivity index (χ2n) is 13.6. The van der Waals surface area contributed by atoms with Crippen LogP contribution in [0.25, 0.3) is 16.0 Å². The van der Waals surface area contributed by atoms with E-state index in [0.717, 1.165) is 70.8 Å². The number of anilines is 3. The van der Waals surface area contributed by atoms with Gasteiger partial charge in [0.2, 0.25) is 11.8 Å². The first-order valence-electron chi connectivity index (χ1n) is 17.1. The van der Waals surface area contributed by atoms with Crippen LogP contribution in [0.3, 0.4) is 0 Å². The lowest BCUT2D eigenvalue weighted by molar-refractivity contribution is -0.136. The Morgan fingerprint density at radius 2 is 1.86 bits per heavy atom. The van der Waals surface area contributed by atoms with Crippen LogP contribution in [0.4, 0.5) is 21.5 Å². The van der Waals surface area contributed by atoms with Gasteiger partial charge in [-0.2, -0.15) is 0 Å². The summed E-state index contributed by atoms with van der Waals surface area (Å²) >= 11 is 0. The molecule has 1 unspecified atom stereocenters. The minimum atomic E-state index is -0.748. The molecule has 2 aliphatic heterocycles. The number of amides is 3. The van der Waals surface area contributed by atoms with Gasteiger partial charge >= 0.3 is 0 Å². The highest BCUT2D eigenvalue weighted by Crippen LogP contribution is 2.50. The number of piperidine rings is 1. The van der Waals surface area contributed by atoms with Crippen LogP contribution in [0.15, 0.2) is 59.1 Å². The number of nitrogens with zero attached hydrogens (tertiary/aromatic N) is 4. The number of hydrogen-bond acceptors (Lipinski definition) is 7. The Morgan fingerprint density at radius 1 is 1.08 bits per heavy atom. The van der Waals surface area contributed by atoms with Crippen molar-refractivity contribution >= 4 is 34.8 Å². The van der Waals surface area contributed by atoms with Gasteiger partial charge in [-0.15, -0.1) is 0 Å². The summed E-state index contributed by atoms with van der Waals surface area (Å²) in [6.45, 7) is 15.0. The lowest BCUT2D eigenvalue weighted by Crippen LogP contribution is -2.52. The number of benzene rings is 3. The number of aromatic nitrogens is 1. The van der Waals surface area contributed by atoms with E-state index in [1.165, 1.54) is 11.0 Å². The van der Waals surface area contributed by atoms with Crippen molar-refractivity contribution in [3.63, 3.8) is 0 Å². The molecule has 3 heterocycles. The van der Waals surface area contributed by atoms with Crippen LogP contribution in [0.5, 0.6) is 0 Å². The molecule has 1 aromatic heterocycles. The van der Waals surface area contributed by atoms with Crippen LogP contribution in [0.1, 0.15) is 77.0 Å². The maximum Gasteiger partial charge on any atom is 0.258 e. The van der Waals surface area contributed by atoms with Crippen LogP contribution in [-0.4, -0.2) is 46.9 Å². The molecule has 1 atom stereocenters. The highest BCUT2D eigenvalue weighted by Gasteiger charge is 2.52. The predicted octanol–water partition coefficient (Wildman–Crippen LogP) is 7.11. The lowest BCUT2D eigenvalue weighted by atomic mass is 10.00. The predicted molar refractivity (Wildman–Crippen MR) is 187 cm³/mol. The molecule has 1 aliphatic carbocycles. The number of carbonyl (C=O) groups is 3. The molecule has 10 nitrogen and oxygen atoms in total. The largest absolute Gasteiger partial charge is 0.383 e. The van der Waals surface area contributed by atoms with Crippen molar-refractivity contribution in [3.8, 4) is 11.1 Å². The van der Waals surface area contributed by atoms with Crippen molar-refractivity contribution in [1.29, 1.82) is 0 Å². The summed E-state index contributed by atoms with van der Waals surface area (Å²) in [4.78, 5) is 44.7. The van der Waals surface area contributed by atoms with E-state index in [0.29, 0.717) is 24.3 Å². The third-order valence-corrected chi connectivity index (χ3v) is 10.2. The SMILES string of the molecule is [C-]#[N+]C1(c2ccc(N(CCCCNc3cc4c(cc3F)C(=O)N(C3CCC(=O)NC3=O)C4)c3cc(-c4c(C)noc4C)ccc3C)cc2)CC1. The molecule has 0 bridgehead atoms. The normalized spacial score (nSPS) is 17.7. The summed E-state index contributed by atoms with van der Waals surface area (Å²) in [7, 11) is 0. The van der Waals surface area contributed by atoms with Gasteiger partial charge in [0.05, 0.1) is 11.4 Å². The van der Waals surface area contributed by atoms with Crippen molar-refractivity contribution in [2.24, 2.45) is 0 Å².